The van der Waals surface area contributed by atoms with Gasteiger partial charge in [0.2, 0.25) is 0 Å². The van der Waals surface area contributed by atoms with E-state index in [4.69, 9.17) is 11.6 Å². The summed E-state index contributed by atoms with van der Waals surface area (Å²) in [5, 5.41) is 11.5. The van der Waals surface area contributed by atoms with E-state index in [1.807, 2.05) is 0 Å². The summed E-state index contributed by atoms with van der Waals surface area (Å²) in [5.41, 5.74) is 1.13. The maximum atomic E-state index is 12.7. The lowest BCUT2D eigenvalue weighted by molar-refractivity contribution is -0.384. The molecular formula is C18H13ClN4O3S. The van der Waals surface area contributed by atoms with E-state index in [2.05, 4.69) is 16.6 Å². The number of hydrogen-bond donors (Lipinski definition) is 0. The number of benzene rings is 1. The Morgan fingerprint density at radius 2 is 2.07 bits per heavy atom. The van der Waals surface area contributed by atoms with Crippen LogP contribution in [0.5, 0.6) is 0 Å². The molecule has 0 bridgehead atoms. The van der Waals surface area contributed by atoms with Gasteiger partial charge in [-0.1, -0.05) is 17.7 Å². The molecule has 0 N–H and O–H groups in total. The molecule has 2 aromatic rings. The van der Waals surface area contributed by atoms with Crippen LogP contribution < -0.4 is 0 Å². The van der Waals surface area contributed by atoms with Crippen LogP contribution in [0.1, 0.15) is 5.56 Å². The van der Waals surface area contributed by atoms with Crippen LogP contribution in [0.25, 0.3) is 6.08 Å². The van der Waals surface area contributed by atoms with Crippen molar-refractivity contribution < 1.29 is 9.72 Å². The highest BCUT2D eigenvalue weighted by Crippen LogP contribution is 2.35. The van der Waals surface area contributed by atoms with Gasteiger partial charge in [-0.05, 0) is 47.7 Å². The van der Waals surface area contributed by atoms with Crippen LogP contribution >= 0.6 is 23.4 Å². The Hall–Kier alpha value is -2.97. The van der Waals surface area contributed by atoms with Crippen molar-refractivity contribution in [2.24, 2.45) is 4.99 Å². The Morgan fingerprint density at radius 1 is 1.33 bits per heavy atom. The predicted octanol–water partition coefficient (Wildman–Crippen LogP) is 4.43. The van der Waals surface area contributed by atoms with Crippen molar-refractivity contribution >= 4 is 51.9 Å². The van der Waals surface area contributed by atoms with E-state index in [9.17, 15) is 14.9 Å². The third-order valence-electron chi connectivity index (χ3n) is 3.56. The second-order valence-electron chi connectivity index (χ2n) is 5.37. The molecule has 0 unspecified atom stereocenters. The Labute approximate surface area is 164 Å². The van der Waals surface area contributed by atoms with Crippen molar-refractivity contribution in [1.29, 1.82) is 0 Å². The zero-order valence-corrected chi connectivity index (χ0v) is 15.5. The van der Waals surface area contributed by atoms with Crippen LogP contribution in [0, 0.1) is 10.1 Å². The van der Waals surface area contributed by atoms with Gasteiger partial charge in [0.25, 0.3) is 11.6 Å². The molecule has 3 rings (SSSR count). The summed E-state index contributed by atoms with van der Waals surface area (Å²) in [6, 6.07) is 9.37. The average molecular weight is 401 g/mol. The van der Waals surface area contributed by atoms with E-state index < -0.39 is 4.92 Å². The van der Waals surface area contributed by atoms with Crippen molar-refractivity contribution in [3.05, 3.63) is 81.0 Å². The SMILES string of the molecule is C=CCN1C(=O)/C(=C/c2ccc([N+](=O)[O-])cc2)SC1=Nc1cccnc1Cl. The maximum Gasteiger partial charge on any atom is 0.269 e. The largest absolute Gasteiger partial charge is 0.283 e. The van der Waals surface area contributed by atoms with Crippen LogP contribution in [0.4, 0.5) is 11.4 Å². The Balaban J connectivity index is 1.94. The molecule has 136 valence electrons. The van der Waals surface area contributed by atoms with Crippen molar-refractivity contribution in [3.63, 3.8) is 0 Å². The second kappa shape index (κ2) is 8.15. The number of pyridine rings is 1. The Kier molecular flexibility index (Phi) is 5.68. The number of aliphatic imine (C=N–C) groups is 1. The number of amides is 1. The summed E-state index contributed by atoms with van der Waals surface area (Å²) in [7, 11) is 0. The van der Waals surface area contributed by atoms with Gasteiger partial charge in [-0.2, -0.15) is 0 Å². The maximum absolute atomic E-state index is 12.7. The van der Waals surface area contributed by atoms with E-state index in [0.717, 1.165) is 0 Å². The van der Waals surface area contributed by atoms with Crippen LogP contribution in [0.15, 0.2) is 65.1 Å². The summed E-state index contributed by atoms with van der Waals surface area (Å²) >= 11 is 7.24. The molecule has 0 radical (unpaired) electrons. The molecule has 1 fully saturated rings. The lowest BCUT2D eigenvalue weighted by Crippen LogP contribution is -2.29. The van der Waals surface area contributed by atoms with Gasteiger partial charge in [0.1, 0.15) is 5.69 Å². The van der Waals surface area contributed by atoms with Gasteiger partial charge in [0.05, 0.1) is 9.83 Å². The van der Waals surface area contributed by atoms with Gasteiger partial charge < -0.3 is 0 Å². The molecule has 7 nitrogen and oxygen atoms in total. The van der Waals surface area contributed by atoms with Crippen LogP contribution in [-0.4, -0.2) is 32.4 Å². The summed E-state index contributed by atoms with van der Waals surface area (Å²) in [5.74, 6) is -0.225. The first kappa shape index (κ1) is 18.8. The molecule has 2 heterocycles. The third-order valence-corrected chi connectivity index (χ3v) is 4.85. The molecule has 1 aromatic carbocycles. The van der Waals surface area contributed by atoms with Gasteiger partial charge >= 0.3 is 0 Å². The minimum Gasteiger partial charge on any atom is -0.283 e. The molecular weight excluding hydrogens is 388 g/mol. The summed E-state index contributed by atoms with van der Waals surface area (Å²) in [4.78, 5) is 33.4. The van der Waals surface area contributed by atoms with E-state index in [1.54, 1.807) is 42.6 Å². The quantitative estimate of drug-likeness (QED) is 0.243. The number of nitrogens with zero attached hydrogens (tertiary/aromatic N) is 4. The number of nitro groups is 1. The molecule has 0 aliphatic carbocycles. The average Bonchev–Trinajstić information content (AvgIpc) is 2.93. The number of non-ortho nitro benzene ring substituents is 1. The normalized spacial score (nSPS) is 16.9. The number of thioether (sulfide) groups is 1. The third kappa shape index (κ3) is 4.24. The summed E-state index contributed by atoms with van der Waals surface area (Å²) in [6.45, 7) is 3.96. The van der Waals surface area contributed by atoms with E-state index in [0.29, 0.717) is 27.9 Å². The fourth-order valence-electron chi connectivity index (χ4n) is 2.29. The number of amidine groups is 1. The standard InChI is InChI=1S/C18H13ClN4O3S/c1-2-10-22-17(24)15(11-12-5-7-13(8-6-12)23(25)26)27-18(22)21-14-4-3-9-20-16(14)19/h2-9,11H,1,10H2/b15-11-,21-18?. The smallest absolute Gasteiger partial charge is 0.269 e. The van der Waals surface area contributed by atoms with Gasteiger partial charge in [-0.25, -0.2) is 9.98 Å². The molecule has 1 aliphatic rings. The predicted molar refractivity (Wildman–Crippen MR) is 107 cm³/mol. The first-order valence-electron chi connectivity index (χ1n) is 7.75. The Morgan fingerprint density at radius 3 is 2.70 bits per heavy atom. The first-order valence-corrected chi connectivity index (χ1v) is 8.95. The van der Waals surface area contributed by atoms with E-state index >= 15 is 0 Å². The highest BCUT2D eigenvalue weighted by molar-refractivity contribution is 8.18. The highest BCUT2D eigenvalue weighted by Gasteiger charge is 2.32. The lowest BCUT2D eigenvalue weighted by Gasteiger charge is -2.12. The minimum atomic E-state index is -0.472. The van der Waals surface area contributed by atoms with E-state index in [1.165, 1.54) is 28.8 Å². The molecule has 9 heteroatoms. The van der Waals surface area contributed by atoms with Crippen molar-refractivity contribution in [2.75, 3.05) is 6.54 Å². The molecule has 0 saturated carbocycles. The van der Waals surface area contributed by atoms with Crippen molar-refractivity contribution in [1.82, 2.24) is 9.88 Å². The molecule has 27 heavy (non-hydrogen) atoms. The van der Waals surface area contributed by atoms with E-state index in [-0.39, 0.29) is 16.7 Å². The topological polar surface area (TPSA) is 88.7 Å². The minimum absolute atomic E-state index is 0.00990. The lowest BCUT2D eigenvalue weighted by atomic mass is 10.2. The number of carbonyl (C=O) groups is 1. The number of rotatable bonds is 5. The number of nitro benzene ring substituents is 1. The number of carbonyl (C=O) groups excluding carboxylic acids is 1. The molecule has 1 aliphatic heterocycles. The zero-order valence-electron chi connectivity index (χ0n) is 13.9. The van der Waals surface area contributed by atoms with Gasteiger partial charge in [-0.3, -0.25) is 19.8 Å². The first-order chi connectivity index (χ1) is 13.0. The molecule has 0 spiro atoms. The van der Waals surface area contributed by atoms with Gasteiger partial charge in [0, 0.05) is 24.9 Å². The van der Waals surface area contributed by atoms with Gasteiger partial charge in [-0.15, -0.1) is 6.58 Å². The summed E-state index contributed by atoms with van der Waals surface area (Å²) < 4.78 is 0. The van der Waals surface area contributed by atoms with Gasteiger partial charge in [0.15, 0.2) is 10.3 Å². The fraction of sp³-hybridized carbons (Fsp3) is 0.0556. The monoisotopic (exact) mass is 400 g/mol. The number of aromatic nitrogens is 1. The molecule has 1 amide bonds. The number of halogens is 1. The number of hydrogen-bond acceptors (Lipinski definition) is 6. The van der Waals surface area contributed by atoms with Crippen LogP contribution in [0.3, 0.4) is 0 Å². The fourth-order valence-corrected chi connectivity index (χ4v) is 3.45. The second-order valence-corrected chi connectivity index (χ2v) is 6.74. The summed E-state index contributed by atoms with van der Waals surface area (Å²) in [6.07, 6.45) is 4.83. The molecule has 1 aromatic heterocycles. The van der Waals surface area contributed by atoms with Crippen LogP contribution in [-0.2, 0) is 4.79 Å². The Bertz CT molecular complexity index is 973. The molecule has 1 saturated heterocycles. The molecule has 0 atom stereocenters. The van der Waals surface area contributed by atoms with Crippen LogP contribution in [0.2, 0.25) is 5.15 Å². The van der Waals surface area contributed by atoms with Crippen molar-refractivity contribution in [2.45, 2.75) is 0 Å². The zero-order chi connectivity index (χ0) is 19.4. The van der Waals surface area contributed by atoms with Crippen molar-refractivity contribution in [3.8, 4) is 0 Å². The highest BCUT2D eigenvalue weighted by atomic mass is 35.5.